The maximum atomic E-state index is 13.6. The van der Waals surface area contributed by atoms with E-state index in [0.29, 0.717) is 36.5 Å². The number of nitrogens with one attached hydrogen (secondary N) is 1. The monoisotopic (exact) mass is 565 g/mol. The van der Waals surface area contributed by atoms with Gasteiger partial charge in [0.2, 0.25) is 0 Å². The normalized spacial score (nSPS) is 12.6. The van der Waals surface area contributed by atoms with E-state index in [-0.39, 0.29) is 61.3 Å². The molecule has 2 aromatic carbocycles. The zero-order valence-corrected chi connectivity index (χ0v) is 25.4. The van der Waals surface area contributed by atoms with Crippen LogP contribution in [0, 0.1) is 5.82 Å². The Morgan fingerprint density at radius 1 is 1.05 bits per heavy atom. The number of carbonyl (C=O) groups is 2. The van der Waals surface area contributed by atoms with Crippen LogP contribution in [0.5, 0.6) is 0 Å². The van der Waals surface area contributed by atoms with Gasteiger partial charge in [0.1, 0.15) is 5.82 Å². The summed E-state index contributed by atoms with van der Waals surface area (Å²) >= 11 is 0. The zero-order chi connectivity index (χ0) is 28.5. The number of ether oxygens (including phenoxy) is 1. The van der Waals surface area contributed by atoms with Gasteiger partial charge in [-0.1, -0.05) is 38.1 Å². The van der Waals surface area contributed by atoms with E-state index >= 15 is 0 Å². The van der Waals surface area contributed by atoms with Gasteiger partial charge in [0, 0.05) is 24.9 Å². The molecule has 3 rings (SSSR count). The fourth-order valence-electron chi connectivity index (χ4n) is 4.48. The van der Waals surface area contributed by atoms with Gasteiger partial charge in [-0.25, -0.2) is 9.07 Å². The van der Waals surface area contributed by atoms with Crippen LogP contribution in [0.2, 0.25) is 0 Å². The van der Waals surface area contributed by atoms with Gasteiger partial charge in [0.25, 0.3) is 5.91 Å². The largest absolute Gasteiger partial charge is 1.00 e. The van der Waals surface area contributed by atoms with Crippen LogP contribution >= 0.6 is 0 Å². The quantitative estimate of drug-likeness (QED) is 0.213. The van der Waals surface area contributed by atoms with Crippen LogP contribution in [-0.2, 0) is 29.1 Å². The predicted molar refractivity (Wildman–Crippen MR) is 144 cm³/mol. The van der Waals surface area contributed by atoms with Gasteiger partial charge in [-0.3, -0.25) is 9.59 Å². The summed E-state index contributed by atoms with van der Waals surface area (Å²) in [4.78, 5) is 24.2. The van der Waals surface area contributed by atoms with Crippen molar-refractivity contribution in [2.45, 2.75) is 70.8 Å². The Bertz CT molecular complexity index is 1250. The molecule has 2 atom stereocenters. The van der Waals surface area contributed by atoms with E-state index in [1.807, 2.05) is 38.1 Å². The summed E-state index contributed by atoms with van der Waals surface area (Å²) in [6.45, 7) is 4.67. The van der Waals surface area contributed by atoms with Gasteiger partial charge < -0.3 is 26.8 Å². The number of hydrogen-bond acceptors (Lipinski definition) is 6. The molecule has 0 saturated heterocycles. The minimum atomic E-state index is -1.17. The maximum absolute atomic E-state index is 13.6. The van der Waals surface area contributed by atoms with Gasteiger partial charge >= 0.3 is 35.5 Å². The third kappa shape index (κ3) is 9.50. The van der Waals surface area contributed by atoms with Crippen molar-refractivity contribution in [3.63, 3.8) is 0 Å². The molecular weight excluding hydrogens is 528 g/mol. The van der Waals surface area contributed by atoms with Crippen molar-refractivity contribution in [2.75, 3.05) is 7.11 Å². The van der Waals surface area contributed by atoms with Crippen molar-refractivity contribution in [1.29, 1.82) is 0 Å². The number of amides is 1. The summed E-state index contributed by atoms with van der Waals surface area (Å²) in [5.41, 5.74) is 4.11. The topological polar surface area (TPSA) is 134 Å². The molecule has 0 aliphatic carbocycles. The number of hydrogen-bond donors (Lipinski definition) is 4. The molecule has 3 aromatic rings. The molecule has 0 fully saturated rings. The third-order valence-corrected chi connectivity index (χ3v) is 6.34. The molecule has 0 bridgehead atoms. The van der Waals surface area contributed by atoms with Gasteiger partial charge in [0.05, 0.1) is 30.9 Å². The number of benzene rings is 2. The van der Waals surface area contributed by atoms with Crippen LogP contribution < -0.4 is 34.9 Å². The van der Waals surface area contributed by atoms with Gasteiger partial charge in [-0.15, -0.1) is 0 Å². The number of carboxylic acid groups (broad SMARTS) is 1. The predicted octanol–water partition coefficient (Wildman–Crippen LogP) is 0.847. The van der Waals surface area contributed by atoms with Crippen LogP contribution in [0.1, 0.15) is 73.3 Å². The van der Waals surface area contributed by atoms with Crippen molar-refractivity contribution in [1.82, 2.24) is 15.1 Å². The Morgan fingerprint density at radius 2 is 1.68 bits per heavy atom. The van der Waals surface area contributed by atoms with E-state index in [2.05, 4.69) is 10.4 Å². The molecule has 0 radical (unpaired) electrons. The third-order valence-electron chi connectivity index (χ3n) is 6.34. The van der Waals surface area contributed by atoms with E-state index < -0.39 is 30.4 Å². The second-order valence-electron chi connectivity index (χ2n) is 9.86. The van der Waals surface area contributed by atoms with Crippen LogP contribution in [-0.4, -0.2) is 56.3 Å². The minimum Gasteiger partial charge on any atom is -1.00 e. The van der Waals surface area contributed by atoms with E-state index in [1.165, 1.54) is 12.1 Å². The van der Waals surface area contributed by atoms with Crippen molar-refractivity contribution in [3.05, 3.63) is 82.4 Å². The molecule has 9 nitrogen and oxygen atoms in total. The Morgan fingerprint density at radius 3 is 2.25 bits per heavy atom. The number of aliphatic carboxylic acids is 1. The fourth-order valence-corrected chi connectivity index (χ4v) is 4.48. The fraction of sp³-hybridized carbons (Fsp3) is 0.414. The molecule has 4 N–H and O–H groups in total. The first kappa shape index (κ1) is 33.6. The number of aliphatic hydroxyl groups excluding tert-OH is 2. The molecule has 0 spiro atoms. The minimum absolute atomic E-state index is 0. The van der Waals surface area contributed by atoms with Crippen molar-refractivity contribution in [2.24, 2.45) is 0 Å². The average Bonchev–Trinajstić information content (AvgIpc) is 3.27. The Kier molecular flexibility index (Phi) is 13.4. The molecule has 0 saturated carbocycles. The second kappa shape index (κ2) is 16.0. The van der Waals surface area contributed by atoms with E-state index in [9.17, 15) is 24.2 Å². The number of carbonyl (C=O) groups excluding carboxylic acids is 1. The van der Waals surface area contributed by atoms with Crippen LogP contribution in [0.15, 0.2) is 48.5 Å². The van der Waals surface area contributed by atoms with Crippen molar-refractivity contribution in [3.8, 4) is 5.69 Å². The standard InChI is InChI=1S/C29H36FN3O6.Na.H/c1-18(2)27-25(13-12-23(34)14-24(35)15-26(36)37)33(22-10-8-21(30)9-11-22)32-28(27)29(38)31-16-19-4-6-20(7-5-19)17-39-3;;/h4-11,18,23-24,34-35H,12-17H2,1-3H3,(H,31,38)(H,36,37);;/q;+1;-1/t23-,24-;;/m1../s1. The van der Waals surface area contributed by atoms with Crippen molar-refractivity contribution >= 4 is 11.9 Å². The number of carboxylic acids is 1. The van der Waals surface area contributed by atoms with E-state index in [0.717, 1.165) is 11.1 Å². The first-order chi connectivity index (χ1) is 18.6. The summed E-state index contributed by atoms with van der Waals surface area (Å²) in [7, 11) is 1.63. The summed E-state index contributed by atoms with van der Waals surface area (Å²) in [5, 5.41) is 36.8. The number of aromatic nitrogens is 2. The number of aliphatic hydroxyl groups is 2. The summed E-state index contributed by atoms with van der Waals surface area (Å²) in [6.07, 6.45) is -2.18. The number of nitrogens with zero attached hydrogens (tertiary/aromatic N) is 2. The molecule has 212 valence electrons. The van der Waals surface area contributed by atoms with Crippen LogP contribution in [0.25, 0.3) is 5.69 Å². The zero-order valence-electron chi connectivity index (χ0n) is 24.4. The van der Waals surface area contributed by atoms with Gasteiger partial charge in [-0.05, 0) is 60.6 Å². The molecule has 1 aromatic heterocycles. The van der Waals surface area contributed by atoms with Crippen LogP contribution in [0.4, 0.5) is 4.39 Å². The number of rotatable bonds is 14. The number of halogens is 1. The van der Waals surface area contributed by atoms with Crippen LogP contribution in [0.3, 0.4) is 0 Å². The molecule has 40 heavy (non-hydrogen) atoms. The SMILES string of the molecule is COCc1ccc(CNC(=O)c2nn(-c3ccc(F)cc3)c(CC[C@@H](O)C[C@@H](O)CC(=O)O)c2C(C)C)cc1.[H-].[Na+]. The molecular formula is C29H37FN3NaO6. The molecule has 0 unspecified atom stereocenters. The molecule has 1 amide bonds. The molecule has 0 aliphatic heterocycles. The Balaban J connectivity index is 0.00000420. The van der Waals surface area contributed by atoms with Crippen molar-refractivity contribution < 1.29 is 65.0 Å². The smallest absolute Gasteiger partial charge is 1.00 e. The summed E-state index contributed by atoms with van der Waals surface area (Å²) < 4.78 is 20.4. The van der Waals surface area contributed by atoms with E-state index in [1.54, 1.807) is 23.9 Å². The Hall–Kier alpha value is -2.60. The average molecular weight is 566 g/mol. The maximum Gasteiger partial charge on any atom is 1.00 e. The summed E-state index contributed by atoms with van der Waals surface area (Å²) in [6, 6.07) is 13.4. The second-order valence-corrected chi connectivity index (χ2v) is 9.86. The molecule has 1 heterocycles. The molecule has 0 aliphatic rings. The van der Waals surface area contributed by atoms with Gasteiger partial charge in [0.15, 0.2) is 5.69 Å². The number of methoxy groups -OCH3 is 1. The van der Waals surface area contributed by atoms with E-state index in [4.69, 9.17) is 9.84 Å². The summed E-state index contributed by atoms with van der Waals surface area (Å²) in [5.74, 6) is -2.01. The first-order valence-electron chi connectivity index (χ1n) is 12.9. The first-order valence-corrected chi connectivity index (χ1v) is 12.9. The van der Waals surface area contributed by atoms with Gasteiger partial charge in [-0.2, -0.15) is 5.10 Å². The molecule has 11 heteroatoms. The Labute approximate surface area is 257 Å².